The Bertz CT molecular complexity index is 1000. The molecule has 1 aliphatic rings. The van der Waals surface area contributed by atoms with Gasteiger partial charge in [0.2, 0.25) is 0 Å². The lowest BCUT2D eigenvalue weighted by atomic mass is 9.89. The lowest BCUT2D eigenvalue weighted by molar-refractivity contribution is 0.0539. The van der Waals surface area contributed by atoms with Crippen LogP contribution >= 0.6 is 11.6 Å². The van der Waals surface area contributed by atoms with Gasteiger partial charge in [0.25, 0.3) is 5.91 Å². The predicted molar refractivity (Wildman–Crippen MR) is 117 cm³/mol. The van der Waals surface area contributed by atoms with E-state index >= 15 is 0 Å². The molecule has 0 spiro atoms. The van der Waals surface area contributed by atoms with Gasteiger partial charge in [-0.1, -0.05) is 30.2 Å². The van der Waals surface area contributed by atoms with Crippen molar-refractivity contribution in [2.45, 2.75) is 32.7 Å². The molecule has 1 amide bonds. The zero-order valence-corrected chi connectivity index (χ0v) is 17.9. The van der Waals surface area contributed by atoms with Crippen LogP contribution in [0, 0.1) is 12.8 Å². The normalized spacial score (nSPS) is 19.0. The Morgan fingerprint density at radius 2 is 2.03 bits per heavy atom. The second kappa shape index (κ2) is 8.83. The van der Waals surface area contributed by atoms with Gasteiger partial charge in [-0.15, -0.1) is 0 Å². The minimum absolute atomic E-state index is 0.00779. The molecule has 30 heavy (non-hydrogen) atoms. The van der Waals surface area contributed by atoms with Gasteiger partial charge in [-0.3, -0.25) is 4.79 Å². The van der Waals surface area contributed by atoms with E-state index in [1.54, 1.807) is 24.7 Å². The fraction of sp³-hybridized carbons (Fsp3) is 0.364. The number of aromatic nitrogens is 4. The fourth-order valence-corrected chi connectivity index (χ4v) is 4.10. The highest BCUT2D eigenvalue weighted by Gasteiger charge is 2.33. The maximum atomic E-state index is 13.7. The Hall–Kier alpha value is -2.93. The molecule has 1 aromatic carbocycles. The van der Waals surface area contributed by atoms with Crippen LogP contribution in [0.3, 0.4) is 0 Å². The smallest absolute Gasteiger partial charge is 0.256 e. The molecule has 0 aliphatic carbocycles. The molecule has 1 aliphatic heterocycles. The van der Waals surface area contributed by atoms with Gasteiger partial charge in [0.1, 0.15) is 5.82 Å². The van der Waals surface area contributed by atoms with Crippen LogP contribution in [-0.2, 0) is 0 Å². The molecule has 7 nitrogen and oxygen atoms in total. The quantitative estimate of drug-likeness (QED) is 0.670. The highest BCUT2D eigenvalue weighted by molar-refractivity contribution is 6.30. The molecule has 0 saturated carbocycles. The summed E-state index contributed by atoms with van der Waals surface area (Å²) in [5.41, 5.74) is 2.34. The van der Waals surface area contributed by atoms with Gasteiger partial charge in [0.15, 0.2) is 0 Å². The topological polar surface area (TPSA) is 75.9 Å². The third-order valence-electron chi connectivity index (χ3n) is 5.61. The molecule has 1 fully saturated rings. The van der Waals surface area contributed by atoms with Crippen LogP contribution in [0.5, 0.6) is 0 Å². The summed E-state index contributed by atoms with van der Waals surface area (Å²) in [6.07, 6.45) is 6.92. The molecule has 1 saturated heterocycles. The van der Waals surface area contributed by atoms with Crippen molar-refractivity contribution in [3.63, 3.8) is 0 Å². The molecular weight excluding hydrogens is 400 g/mol. The summed E-state index contributed by atoms with van der Waals surface area (Å²) in [5.74, 6) is 1.13. The zero-order valence-electron chi connectivity index (χ0n) is 17.1. The number of carbonyl (C=O) groups excluding carboxylic acids is 1. The summed E-state index contributed by atoms with van der Waals surface area (Å²) in [6, 6.07) is 9.51. The summed E-state index contributed by atoms with van der Waals surface area (Å²) >= 11 is 5.93. The first kappa shape index (κ1) is 20.3. The van der Waals surface area contributed by atoms with Gasteiger partial charge in [-0.05, 0) is 49.9 Å². The number of amides is 1. The van der Waals surface area contributed by atoms with E-state index in [0.717, 1.165) is 30.8 Å². The molecule has 3 heterocycles. The number of piperidine rings is 1. The van der Waals surface area contributed by atoms with Gasteiger partial charge < -0.3 is 10.2 Å². The number of nitrogens with zero attached hydrogens (tertiary/aromatic N) is 5. The molecule has 2 atom stereocenters. The van der Waals surface area contributed by atoms with E-state index in [9.17, 15) is 4.79 Å². The Labute approximate surface area is 181 Å². The number of hydrogen-bond donors (Lipinski definition) is 1. The monoisotopic (exact) mass is 424 g/mol. The fourth-order valence-electron chi connectivity index (χ4n) is 3.99. The molecule has 2 unspecified atom stereocenters. The minimum atomic E-state index is 0.00779. The first-order valence-electron chi connectivity index (χ1n) is 10.2. The van der Waals surface area contributed by atoms with Crippen molar-refractivity contribution in [2.24, 2.45) is 5.92 Å². The second-order valence-corrected chi connectivity index (χ2v) is 8.20. The average molecular weight is 425 g/mol. The van der Waals surface area contributed by atoms with Crippen molar-refractivity contribution < 1.29 is 4.79 Å². The summed E-state index contributed by atoms with van der Waals surface area (Å²) < 4.78 is 0. The van der Waals surface area contributed by atoms with E-state index < -0.39 is 0 Å². The van der Waals surface area contributed by atoms with E-state index in [1.165, 1.54) is 4.80 Å². The van der Waals surface area contributed by atoms with E-state index in [0.29, 0.717) is 28.7 Å². The molecule has 2 aromatic heterocycles. The molecule has 8 heteroatoms. The summed E-state index contributed by atoms with van der Waals surface area (Å²) in [7, 11) is 0. The molecular formula is C22H25ClN6O. The summed E-state index contributed by atoms with van der Waals surface area (Å²) in [6.45, 7) is 5.54. The van der Waals surface area contributed by atoms with Gasteiger partial charge in [-0.25, -0.2) is 4.98 Å². The first-order valence-corrected chi connectivity index (χ1v) is 10.5. The van der Waals surface area contributed by atoms with Crippen LogP contribution in [0.15, 0.2) is 48.9 Å². The van der Waals surface area contributed by atoms with Gasteiger partial charge in [0.05, 0.1) is 34.7 Å². The number of rotatable bonds is 5. The lowest BCUT2D eigenvalue weighted by Gasteiger charge is -2.40. The average Bonchev–Trinajstić information content (AvgIpc) is 3.28. The Morgan fingerprint density at radius 3 is 2.77 bits per heavy atom. The molecule has 4 rings (SSSR count). The highest BCUT2D eigenvalue weighted by atomic mass is 35.5. The molecule has 0 bridgehead atoms. The third-order valence-corrected chi connectivity index (χ3v) is 5.84. The second-order valence-electron chi connectivity index (χ2n) is 7.77. The van der Waals surface area contributed by atoms with Crippen LogP contribution in [0.25, 0.3) is 5.69 Å². The van der Waals surface area contributed by atoms with Crippen molar-refractivity contribution >= 4 is 23.3 Å². The van der Waals surface area contributed by atoms with Crippen LogP contribution in [0.2, 0.25) is 5.02 Å². The van der Waals surface area contributed by atoms with Crippen molar-refractivity contribution in [1.82, 2.24) is 24.9 Å². The number of likely N-dealkylation sites (tertiary alicyclic amines) is 1. The van der Waals surface area contributed by atoms with Crippen LogP contribution in [0.1, 0.15) is 35.7 Å². The number of anilines is 1. The minimum Gasteiger partial charge on any atom is -0.368 e. The van der Waals surface area contributed by atoms with E-state index in [2.05, 4.69) is 27.4 Å². The van der Waals surface area contributed by atoms with Crippen molar-refractivity contribution in [1.29, 1.82) is 0 Å². The zero-order chi connectivity index (χ0) is 21.1. The standard InChI is InChI=1S/C22H25ClN6O/c1-15-5-7-19(29-26-9-10-27-29)18(12-15)22(30)28-11-3-4-16(2)20(28)14-25-21-8-6-17(23)13-24-21/h5-10,12-13,16,20H,3-4,11,14H2,1-2H3,(H,24,25). The van der Waals surface area contributed by atoms with Crippen molar-refractivity contribution in [2.75, 3.05) is 18.4 Å². The number of aryl methyl sites for hydroxylation is 1. The van der Waals surface area contributed by atoms with E-state index in [4.69, 9.17) is 11.6 Å². The number of benzene rings is 1. The van der Waals surface area contributed by atoms with Crippen LogP contribution in [0.4, 0.5) is 5.82 Å². The first-order chi connectivity index (χ1) is 14.5. The van der Waals surface area contributed by atoms with Crippen molar-refractivity contribution in [3.8, 4) is 5.69 Å². The Morgan fingerprint density at radius 1 is 1.23 bits per heavy atom. The molecule has 1 N–H and O–H groups in total. The van der Waals surface area contributed by atoms with E-state index in [-0.39, 0.29) is 11.9 Å². The number of carbonyl (C=O) groups is 1. The number of halogens is 1. The number of nitrogens with one attached hydrogen (secondary N) is 1. The molecule has 0 radical (unpaired) electrons. The highest BCUT2D eigenvalue weighted by Crippen LogP contribution is 2.27. The van der Waals surface area contributed by atoms with Gasteiger partial charge in [-0.2, -0.15) is 15.0 Å². The van der Waals surface area contributed by atoms with Crippen molar-refractivity contribution in [3.05, 3.63) is 65.1 Å². The van der Waals surface area contributed by atoms with Crippen LogP contribution < -0.4 is 5.32 Å². The third kappa shape index (κ3) is 4.31. The lowest BCUT2D eigenvalue weighted by Crippen LogP contribution is -2.51. The number of pyridine rings is 1. The maximum Gasteiger partial charge on any atom is 0.256 e. The predicted octanol–water partition coefficient (Wildman–Crippen LogP) is 3.98. The Balaban J connectivity index is 1.60. The largest absolute Gasteiger partial charge is 0.368 e. The molecule has 3 aromatic rings. The SMILES string of the molecule is Cc1ccc(-n2nccn2)c(C(=O)N2CCCC(C)C2CNc2ccc(Cl)cn2)c1. The maximum absolute atomic E-state index is 13.7. The van der Waals surface area contributed by atoms with E-state index in [1.807, 2.05) is 36.1 Å². The number of hydrogen-bond acceptors (Lipinski definition) is 5. The molecule has 156 valence electrons. The summed E-state index contributed by atoms with van der Waals surface area (Å²) in [4.78, 5) is 21.5. The van der Waals surface area contributed by atoms with Crippen LogP contribution in [-0.4, -0.2) is 49.9 Å². The summed E-state index contributed by atoms with van der Waals surface area (Å²) in [5, 5.41) is 12.4. The van der Waals surface area contributed by atoms with Gasteiger partial charge in [0, 0.05) is 19.3 Å². The van der Waals surface area contributed by atoms with Gasteiger partial charge >= 0.3 is 0 Å². The Kier molecular flexibility index (Phi) is 5.99.